The van der Waals surface area contributed by atoms with E-state index in [1.165, 1.54) is 4.90 Å². The quantitative estimate of drug-likeness (QED) is 0.683. The summed E-state index contributed by atoms with van der Waals surface area (Å²) in [4.78, 5) is 24.5. The van der Waals surface area contributed by atoms with Crippen LogP contribution >= 0.6 is 0 Å². The highest BCUT2D eigenvalue weighted by Gasteiger charge is 2.33. The number of benzene rings is 1. The molecule has 1 aromatic carbocycles. The van der Waals surface area contributed by atoms with Crippen molar-refractivity contribution in [2.75, 3.05) is 6.54 Å². The maximum absolute atomic E-state index is 13.4. The molecule has 114 valence electrons. The lowest BCUT2D eigenvalue weighted by Gasteiger charge is -2.38. The van der Waals surface area contributed by atoms with E-state index < -0.39 is 16.6 Å². The molecule has 2 rings (SSSR count). The smallest absolute Gasteiger partial charge is 0.282 e. The number of rotatable bonds is 3. The molecule has 1 aromatic rings. The number of halogens is 1. The van der Waals surface area contributed by atoms with Crippen molar-refractivity contribution >= 4 is 11.6 Å². The number of nitro groups is 1. The Labute approximate surface area is 121 Å². The van der Waals surface area contributed by atoms with Gasteiger partial charge in [-0.1, -0.05) is 0 Å². The Morgan fingerprint density at radius 1 is 1.52 bits per heavy atom. The van der Waals surface area contributed by atoms with Gasteiger partial charge < -0.3 is 10.6 Å². The fourth-order valence-electron chi connectivity index (χ4n) is 2.75. The predicted molar refractivity (Wildman–Crippen MR) is 75.4 cm³/mol. The van der Waals surface area contributed by atoms with Crippen LogP contribution in [0.15, 0.2) is 18.2 Å². The molecule has 1 heterocycles. The minimum absolute atomic E-state index is 0.172. The van der Waals surface area contributed by atoms with Gasteiger partial charge in [0.05, 0.1) is 4.92 Å². The zero-order valence-corrected chi connectivity index (χ0v) is 11.8. The molecule has 0 bridgehead atoms. The average Bonchev–Trinajstić information content (AvgIpc) is 2.46. The number of likely N-dealkylation sites (tertiary alicyclic amines) is 1. The molecular weight excluding hydrogens is 277 g/mol. The van der Waals surface area contributed by atoms with E-state index in [2.05, 4.69) is 0 Å². The van der Waals surface area contributed by atoms with Crippen molar-refractivity contribution < 1.29 is 14.1 Å². The van der Waals surface area contributed by atoms with E-state index in [1.807, 2.05) is 0 Å². The van der Waals surface area contributed by atoms with Crippen LogP contribution in [0.4, 0.5) is 10.1 Å². The van der Waals surface area contributed by atoms with E-state index in [0.29, 0.717) is 6.54 Å². The molecule has 2 N–H and O–H groups in total. The fraction of sp³-hybridized carbons (Fsp3) is 0.500. The summed E-state index contributed by atoms with van der Waals surface area (Å²) in [6.45, 7) is 2.29. The minimum atomic E-state index is -0.669. The summed E-state index contributed by atoms with van der Waals surface area (Å²) >= 11 is 0. The van der Waals surface area contributed by atoms with E-state index in [-0.39, 0.29) is 23.3 Å². The molecule has 1 saturated heterocycles. The van der Waals surface area contributed by atoms with Gasteiger partial charge in [0.1, 0.15) is 11.4 Å². The normalized spacial score (nSPS) is 20.1. The zero-order chi connectivity index (χ0) is 15.6. The summed E-state index contributed by atoms with van der Waals surface area (Å²) < 4.78 is 13.4. The Bertz CT molecular complexity index is 562. The van der Waals surface area contributed by atoms with Crippen LogP contribution in [0.2, 0.25) is 0 Å². The van der Waals surface area contributed by atoms with Crippen LogP contribution in [0.25, 0.3) is 0 Å². The fourth-order valence-corrected chi connectivity index (χ4v) is 2.75. The second-order valence-electron chi connectivity index (χ2n) is 5.34. The number of nitrogens with two attached hydrogens (primary N) is 1. The van der Waals surface area contributed by atoms with E-state index in [9.17, 15) is 19.3 Å². The predicted octanol–water partition coefficient (Wildman–Crippen LogP) is 2.08. The number of carbonyl (C=O) groups excluding carboxylic acids is 1. The Kier molecular flexibility index (Phi) is 4.52. The van der Waals surface area contributed by atoms with Gasteiger partial charge in [0.15, 0.2) is 0 Å². The van der Waals surface area contributed by atoms with Crippen molar-refractivity contribution in [3.05, 3.63) is 39.7 Å². The first-order chi connectivity index (χ1) is 9.91. The Hall–Kier alpha value is -2.02. The summed E-state index contributed by atoms with van der Waals surface area (Å²) in [6, 6.07) is 2.52. The number of hydrogen-bond acceptors (Lipinski definition) is 4. The molecule has 0 aromatic heterocycles. The molecule has 0 saturated carbocycles. The van der Waals surface area contributed by atoms with Crippen LogP contribution in [0.5, 0.6) is 0 Å². The second kappa shape index (κ2) is 6.17. The highest BCUT2D eigenvalue weighted by Crippen LogP contribution is 2.26. The molecule has 2 unspecified atom stereocenters. The van der Waals surface area contributed by atoms with E-state index >= 15 is 0 Å². The molecule has 21 heavy (non-hydrogen) atoms. The first kappa shape index (κ1) is 15.4. The molecule has 0 spiro atoms. The third kappa shape index (κ3) is 3.18. The Morgan fingerprint density at radius 2 is 2.24 bits per heavy atom. The van der Waals surface area contributed by atoms with E-state index in [1.54, 1.807) is 6.92 Å². The number of hydrogen-bond donors (Lipinski definition) is 1. The highest BCUT2D eigenvalue weighted by atomic mass is 19.1. The van der Waals surface area contributed by atoms with Crippen molar-refractivity contribution in [2.45, 2.75) is 38.3 Å². The van der Waals surface area contributed by atoms with Crippen LogP contribution in [-0.4, -0.2) is 34.4 Å². The minimum Gasteiger partial charge on any atom is -0.334 e. The first-order valence-electron chi connectivity index (χ1n) is 6.92. The van der Waals surface area contributed by atoms with Gasteiger partial charge in [-0.05, 0) is 38.3 Å². The van der Waals surface area contributed by atoms with Crippen LogP contribution in [0.3, 0.4) is 0 Å². The summed E-state index contributed by atoms with van der Waals surface area (Å²) in [5, 5.41) is 11.0. The lowest BCUT2D eigenvalue weighted by molar-refractivity contribution is -0.385. The third-order valence-corrected chi connectivity index (χ3v) is 3.80. The van der Waals surface area contributed by atoms with Gasteiger partial charge >= 0.3 is 0 Å². The van der Waals surface area contributed by atoms with Crippen LogP contribution in [-0.2, 0) is 0 Å². The maximum Gasteiger partial charge on any atom is 0.282 e. The molecule has 2 atom stereocenters. The molecular formula is C14H18FN3O3. The van der Waals surface area contributed by atoms with Gasteiger partial charge in [-0.2, -0.15) is 0 Å². The van der Waals surface area contributed by atoms with Crippen molar-refractivity contribution in [2.24, 2.45) is 5.73 Å². The van der Waals surface area contributed by atoms with Crippen LogP contribution in [0, 0.1) is 15.9 Å². The highest BCUT2D eigenvalue weighted by molar-refractivity contribution is 5.98. The monoisotopic (exact) mass is 295 g/mol. The summed E-state index contributed by atoms with van der Waals surface area (Å²) in [5.74, 6) is -1.19. The van der Waals surface area contributed by atoms with Gasteiger partial charge in [-0.25, -0.2) is 4.39 Å². The van der Waals surface area contributed by atoms with Crippen LogP contribution < -0.4 is 5.73 Å². The SMILES string of the molecule is CC(N)C1CCCCN1C(=O)c1cc(F)ccc1[N+](=O)[O-]. The Balaban J connectivity index is 2.38. The first-order valence-corrected chi connectivity index (χ1v) is 6.92. The lowest BCUT2D eigenvalue weighted by atomic mass is 9.95. The Morgan fingerprint density at radius 3 is 2.86 bits per heavy atom. The molecule has 1 fully saturated rings. The number of nitrogens with zero attached hydrogens (tertiary/aromatic N) is 2. The second-order valence-corrected chi connectivity index (χ2v) is 5.34. The van der Waals surface area contributed by atoms with Gasteiger partial charge in [-0.3, -0.25) is 14.9 Å². The topological polar surface area (TPSA) is 89.5 Å². The molecule has 6 nitrogen and oxygen atoms in total. The number of piperidine rings is 1. The average molecular weight is 295 g/mol. The van der Waals surface area contributed by atoms with Gasteiger partial charge in [0.25, 0.3) is 11.6 Å². The van der Waals surface area contributed by atoms with Crippen molar-refractivity contribution in [3.8, 4) is 0 Å². The zero-order valence-electron chi connectivity index (χ0n) is 11.8. The van der Waals surface area contributed by atoms with Gasteiger partial charge in [0, 0.05) is 24.7 Å². The molecule has 0 aliphatic carbocycles. The number of amides is 1. The summed E-state index contributed by atoms with van der Waals surface area (Å²) in [6.07, 6.45) is 2.53. The maximum atomic E-state index is 13.4. The third-order valence-electron chi connectivity index (χ3n) is 3.80. The van der Waals surface area contributed by atoms with Gasteiger partial charge in [-0.15, -0.1) is 0 Å². The van der Waals surface area contributed by atoms with E-state index in [0.717, 1.165) is 37.5 Å². The summed E-state index contributed by atoms with van der Waals surface area (Å²) in [7, 11) is 0. The van der Waals surface area contributed by atoms with E-state index in [4.69, 9.17) is 5.73 Å². The summed E-state index contributed by atoms with van der Waals surface area (Å²) in [5.41, 5.74) is 5.30. The molecule has 1 aliphatic rings. The molecule has 1 aliphatic heterocycles. The van der Waals surface area contributed by atoms with Crippen molar-refractivity contribution in [1.82, 2.24) is 4.90 Å². The lowest BCUT2D eigenvalue weighted by Crippen LogP contribution is -2.51. The van der Waals surface area contributed by atoms with Crippen LogP contribution in [0.1, 0.15) is 36.5 Å². The standard InChI is InChI=1S/C14H18FN3O3/c1-9(16)12-4-2-3-7-17(12)14(19)11-8-10(15)5-6-13(11)18(20)21/h5-6,8-9,12H,2-4,7,16H2,1H3. The van der Waals surface area contributed by atoms with Crippen molar-refractivity contribution in [1.29, 1.82) is 0 Å². The van der Waals surface area contributed by atoms with Crippen molar-refractivity contribution in [3.63, 3.8) is 0 Å². The number of carbonyl (C=O) groups is 1. The molecule has 7 heteroatoms. The van der Waals surface area contributed by atoms with Gasteiger partial charge in [0.2, 0.25) is 0 Å². The molecule has 0 radical (unpaired) electrons. The largest absolute Gasteiger partial charge is 0.334 e. The number of nitro benzene ring substituents is 1. The molecule has 1 amide bonds.